The van der Waals surface area contributed by atoms with E-state index in [1.54, 1.807) is 0 Å². The van der Waals surface area contributed by atoms with Crippen molar-refractivity contribution < 1.29 is 70.7 Å². The number of nitrogens with two attached hydrogens (primary N) is 3. The largest absolute Gasteiger partial charge is 0.756 e. The van der Waals surface area contributed by atoms with E-state index >= 15 is 0 Å². The van der Waals surface area contributed by atoms with Gasteiger partial charge in [0.1, 0.15) is 30.7 Å². The number of anilines is 3. The van der Waals surface area contributed by atoms with Gasteiger partial charge in [0.05, 0.1) is 18.7 Å². The van der Waals surface area contributed by atoms with Crippen LogP contribution in [0.1, 0.15) is 24.6 Å². The molecule has 0 saturated carbocycles. The maximum absolute atomic E-state index is 12.7. The monoisotopic (exact) mass is 813 g/mol. The number of carbonyl (C=O) groups excluding carboxylic acids is 1. The molecule has 2 aromatic carbocycles. The first-order chi connectivity index (χ1) is 25.2. The molecule has 4 aromatic rings. The van der Waals surface area contributed by atoms with E-state index in [1.165, 1.54) is 0 Å². The van der Waals surface area contributed by atoms with E-state index < -0.39 is 60.3 Å². The highest BCUT2D eigenvalue weighted by molar-refractivity contribution is 7.66. The fourth-order valence-electron chi connectivity index (χ4n) is 5.46. The number of nitrogens with zero attached hydrogens (tertiary/aromatic N) is 3. The molecule has 1 aliphatic heterocycles. The number of nitrogens with one attached hydrogen (secondary N) is 1. The Labute approximate surface area is 304 Å². The summed E-state index contributed by atoms with van der Waals surface area (Å²) in [6.07, 6.45) is -5.50. The Morgan fingerprint density at radius 1 is 0.981 bits per heavy atom. The molecule has 12 N–H and O–H groups in total. The maximum Gasteiger partial charge on any atom is 0.487 e. The van der Waals surface area contributed by atoms with Crippen molar-refractivity contribution in [3.63, 3.8) is 0 Å². The Kier molecular flexibility index (Phi) is 12.3. The minimum absolute atomic E-state index is 0.0434. The average molecular weight is 814 g/mol. The van der Waals surface area contributed by atoms with Gasteiger partial charge >= 0.3 is 21.3 Å². The zero-order chi connectivity index (χ0) is 39.6. The molecule has 54 heavy (non-hydrogen) atoms. The van der Waals surface area contributed by atoms with Crippen molar-refractivity contribution in [1.29, 1.82) is 0 Å². The lowest BCUT2D eigenvalue weighted by Gasteiger charge is -2.21. The van der Waals surface area contributed by atoms with E-state index in [-0.39, 0.29) is 30.3 Å². The molecule has 5 rings (SSSR count). The highest BCUT2D eigenvalue weighted by Crippen LogP contribution is 2.65. The normalized spacial score (nSPS) is 21.8. The molecule has 1 fully saturated rings. The van der Waals surface area contributed by atoms with Crippen LogP contribution in [0, 0.1) is 11.8 Å². The number of amides is 1. The Morgan fingerprint density at radius 3 is 2.22 bits per heavy atom. The van der Waals surface area contributed by atoms with Gasteiger partial charge in [-0.1, -0.05) is 11.8 Å². The molecule has 1 amide bonds. The van der Waals surface area contributed by atoms with Gasteiger partial charge in [0.25, 0.3) is 7.82 Å². The van der Waals surface area contributed by atoms with Crippen LogP contribution in [0.4, 0.5) is 17.2 Å². The van der Waals surface area contributed by atoms with Crippen LogP contribution in [-0.4, -0.2) is 71.8 Å². The minimum Gasteiger partial charge on any atom is -0.756 e. The summed E-state index contributed by atoms with van der Waals surface area (Å²) >= 11 is 0. The lowest BCUT2D eigenvalue weighted by Crippen LogP contribution is -2.36. The van der Waals surface area contributed by atoms with E-state index in [2.05, 4.69) is 39.9 Å². The Hall–Kier alpha value is -4.29. The summed E-state index contributed by atoms with van der Waals surface area (Å²) < 4.78 is 53.9. The average Bonchev–Trinajstić information content (AvgIpc) is 3.33. The van der Waals surface area contributed by atoms with Gasteiger partial charge in [0.2, 0.25) is 16.9 Å². The predicted molar refractivity (Wildman–Crippen MR) is 186 cm³/mol. The smallest absolute Gasteiger partial charge is 0.487 e. The van der Waals surface area contributed by atoms with E-state index in [0.717, 1.165) is 28.0 Å². The van der Waals surface area contributed by atoms with Crippen molar-refractivity contribution in [2.24, 2.45) is 0 Å². The van der Waals surface area contributed by atoms with Crippen LogP contribution in [0.2, 0.25) is 0 Å². The van der Waals surface area contributed by atoms with Crippen molar-refractivity contribution in [1.82, 2.24) is 14.9 Å². The minimum atomic E-state index is -5.88. The quantitative estimate of drug-likeness (QED) is 0.0253. The van der Waals surface area contributed by atoms with Gasteiger partial charge in [-0.3, -0.25) is 18.5 Å². The van der Waals surface area contributed by atoms with Gasteiger partial charge in [-0.2, -0.15) is 13.9 Å². The number of pyridine rings is 1. The van der Waals surface area contributed by atoms with Crippen LogP contribution in [0.15, 0.2) is 53.5 Å². The predicted octanol–water partition coefficient (Wildman–Crippen LogP) is -1.14. The molecule has 1 saturated heterocycles. The summed E-state index contributed by atoms with van der Waals surface area (Å²) in [6.45, 7) is -0.777. The SMILES string of the molecule is Nc1ccc2cc3ccc(N)cc3[n+](CCCC(=O)NCC#Cc3cn(C4OC(COP(=O)(O)OP(=O)(O)OP(=O)([O-])O)[C@@H](O)[C@H]4O)c(=O)nc3N)c2c1. The fraction of sp³-hybridized carbons (Fsp3) is 0.310. The third-order valence-corrected chi connectivity index (χ3v) is 11.6. The number of phosphoric acid groups is 3. The number of aliphatic hydroxyl groups is 2. The van der Waals surface area contributed by atoms with Crippen LogP contribution in [0.3, 0.4) is 0 Å². The second-order valence-electron chi connectivity index (χ2n) is 11.8. The van der Waals surface area contributed by atoms with Crippen LogP contribution < -0.4 is 37.7 Å². The number of benzene rings is 2. The summed E-state index contributed by atoms with van der Waals surface area (Å²) in [5, 5.41) is 25.6. The number of phosphoric ester groups is 1. The molecule has 22 nitrogen and oxygen atoms in total. The number of hydrogen-bond donors (Lipinski definition) is 9. The molecule has 0 spiro atoms. The first-order valence-electron chi connectivity index (χ1n) is 15.6. The number of ether oxygens (including phenoxy) is 1. The zero-order valence-corrected chi connectivity index (χ0v) is 30.4. The van der Waals surface area contributed by atoms with Gasteiger partial charge in [-0.05, 0) is 30.3 Å². The molecule has 0 aliphatic carbocycles. The number of rotatable bonds is 13. The van der Waals surface area contributed by atoms with Crippen molar-refractivity contribution in [3.8, 4) is 11.8 Å². The zero-order valence-electron chi connectivity index (χ0n) is 27.7. The number of carbonyl (C=O) groups is 1. The summed E-state index contributed by atoms with van der Waals surface area (Å²) in [5.74, 6) is 4.69. The van der Waals surface area contributed by atoms with E-state index in [4.69, 9.17) is 26.8 Å². The number of aromatic nitrogens is 3. The van der Waals surface area contributed by atoms with Crippen molar-refractivity contribution in [2.45, 2.75) is 43.9 Å². The lowest BCUT2D eigenvalue weighted by atomic mass is 10.1. The standard InChI is InChI=1S/C29H34N7O15P3/c30-19-7-5-16-11-17-6-8-20(31)13-22(17)35(21(16)12-19)10-2-4-24(37)33-9-1-3-18-14-36(29(40)34-27(18)32)28-26(39)25(38)23(49-28)15-48-53(44,45)51-54(46,47)50-52(41,42)43/h5-8,11-14,23,25-26,28,38-39H,2,4,9-10,15H2,(H10,30,31,32,33,34,37,40,41,42,43,44,45,46,47)/t23?,25-,26-,28?/m1/s1. The van der Waals surface area contributed by atoms with Crippen LogP contribution in [-0.2, 0) is 42.9 Å². The molecule has 25 heteroatoms. The molecule has 1 aliphatic rings. The van der Waals surface area contributed by atoms with Crippen LogP contribution >= 0.6 is 23.5 Å². The third-order valence-electron chi connectivity index (χ3n) is 7.79. The first kappa shape index (κ1) is 40.9. The summed E-state index contributed by atoms with van der Waals surface area (Å²) in [7, 11) is -17.4. The number of aliphatic hydroxyl groups excluding tert-OH is 2. The van der Waals surface area contributed by atoms with Gasteiger partial charge < -0.3 is 57.0 Å². The van der Waals surface area contributed by atoms with E-state index in [9.17, 15) is 48.2 Å². The fourth-order valence-corrected chi connectivity index (χ4v) is 8.46. The van der Waals surface area contributed by atoms with Gasteiger partial charge in [-0.25, -0.2) is 18.2 Å². The Balaban J connectivity index is 1.18. The van der Waals surface area contributed by atoms with E-state index in [0.29, 0.717) is 28.9 Å². The summed E-state index contributed by atoms with van der Waals surface area (Å²) in [4.78, 5) is 67.0. The highest BCUT2D eigenvalue weighted by atomic mass is 31.3. The maximum atomic E-state index is 12.7. The molecular weight excluding hydrogens is 779 g/mol. The lowest BCUT2D eigenvalue weighted by molar-refractivity contribution is -0.645. The van der Waals surface area contributed by atoms with E-state index in [1.807, 2.05) is 42.5 Å². The molecule has 5 unspecified atom stereocenters. The molecule has 3 heterocycles. The third kappa shape index (κ3) is 10.3. The molecular formula is C29H34N7O15P3. The summed E-state index contributed by atoms with van der Waals surface area (Å²) in [6, 6.07) is 13.2. The number of nitrogen functional groups attached to an aromatic ring is 3. The molecule has 0 bridgehead atoms. The number of aryl methyl sites for hydroxylation is 1. The molecule has 0 radical (unpaired) electrons. The number of fused-ring (bicyclic) bond motifs is 2. The van der Waals surface area contributed by atoms with Crippen LogP contribution in [0.25, 0.3) is 21.8 Å². The van der Waals surface area contributed by atoms with Gasteiger partial charge in [0, 0.05) is 53.3 Å². The summed E-state index contributed by atoms with van der Waals surface area (Å²) in [5.41, 5.74) is 19.8. The van der Waals surface area contributed by atoms with Crippen molar-refractivity contribution >= 4 is 68.4 Å². The van der Waals surface area contributed by atoms with Crippen molar-refractivity contribution in [3.05, 3.63) is 64.7 Å². The van der Waals surface area contributed by atoms with Gasteiger partial charge in [-0.15, -0.1) is 0 Å². The molecule has 290 valence electrons. The Bertz CT molecular complexity index is 2300. The highest BCUT2D eigenvalue weighted by Gasteiger charge is 2.46. The topological polar surface area (TPSA) is 358 Å². The second kappa shape index (κ2) is 16.2. The number of hydrogen-bond acceptors (Lipinski definition) is 16. The molecule has 2 aromatic heterocycles. The molecule has 7 atom stereocenters. The Morgan fingerprint density at radius 2 is 1.61 bits per heavy atom. The van der Waals surface area contributed by atoms with Gasteiger partial charge in [0.15, 0.2) is 6.23 Å². The van der Waals surface area contributed by atoms with Crippen molar-refractivity contribution in [2.75, 3.05) is 30.4 Å². The first-order valence-corrected chi connectivity index (χ1v) is 20.0. The second-order valence-corrected chi connectivity index (χ2v) is 16.1. The van der Waals surface area contributed by atoms with Crippen LogP contribution in [0.5, 0.6) is 0 Å².